The number of rotatable bonds is 5. The van der Waals surface area contributed by atoms with Gasteiger partial charge in [0.2, 0.25) is 5.91 Å². The van der Waals surface area contributed by atoms with Crippen molar-refractivity contribution >= 4 is 46.9 Å². The molecule has 220 valence electrons. The number of aromatic hydroxyl groups is 1. The van der Waals surface area contributed by atoms with Gasteiger partial charge in [0, 0.05) is 31.3 Å². The van der Waals surface area contributed by atoms with E-state index < -0.39 is 70.2 Å². The number of phenols is 1. The SMILES string of the molecule is CN(C)c1cc(/C=C/c2ccc(F)cc2)c(O)c2c1CC1CC3C(N(C)C)C(=O)C(C(N)=O)C(=O)C3(O)C(=O)C1C2=O. The van der Waals surface area contributed by atoms with Crippen LogP contribution in [0, 0.1) is 29.5 Å². The number of Topliss-reactive ketones (excluding diaryl/α,β-unsaturated/α-hetero) is 4. The lowest BCUT2D eigenvalue weighted by Gasteiger charge is -2.52. The van der Waals surface area contributed by atoms with Crippen molar-refractivity contribution in [2.24, 2.45) is 29.4 Å². The first-order valence-corrected chi connectivity index (χ1v) is 13.5. The van der Waals surface area contributed by atoms with Gasteiger partial charge in [-0.05, 0) is 62.2 Å². The number of hydrogen-bond donors (Lipinski definition) is 3. The molecule has 6 unspecified atom stereocenters. The molecule has 0 bridgehead atoms. The third kappa shape index (κ3) is 4.26. The monoisotopic (exact) mass is 577 g/mol. The summed E-state index contributed by atoms with van der Waals surface area (Å²) in [5.74, 6) is -11.4. The van der Waals surface area contributed by atoms with Crippen molar-refractivity contribution in [3.05, 3.63) is 58.4 Å². The molecular formula is C31H32FN3O7. The maximum Gasteiger partial charge on any atom is 0.235 e. The van der Waals surface area contributed by atoms with E-state index in [-0.39, 0.29) is 29.7 Å². The molecule has 0 aromatic heterocycles. The molecule has 0 radical (unpaired) electrons. The molecule has 2 saturated carbocycles. The van der Waals surface area contributed by atoms with Gasteiger partial charge in [-0.3, -0.25) is 28.9 Å². The zero-order valence-corrected chi connectivity index (χ0v) is 23.6. The summed E-state index contributed by atoms with van der Waals surface area (Å²) >= 11 is 0. The number of fused-ring (bicyclic) bond motifs is 3. The Morgan fingerprint density at radius 3 is 2.26 bits per heavy atom. The highest BCUT2D eigenvalue weighted by molar-refractivity contribution is 6.32. The van der Waals surface area contributed by atoms with Crippen LogP contribution in [0.3, 0.4) is 0 Å². The Kier molecular flexibility index (Phi) is 7.14. The smallest absolute Gasteiger partial charge is 0.235 e. The van der Waals surface area contributed by atoms with Crippen LogP contribution in [0.5, 0.6) is 5.75 Å². The minimum absolute atomic E-state index is 0.0241. The number of hydrogen-bond acceptors (Lipinski definition) is 9. The molecule has 3 aliphatic carbocycles. The Morgan fingerprint density at radius 2 is 1.69 bits per heavy atom. The Morgan fingerprint density at radius 1 is 1.05 bits per heavy atom. The molecule has 4 N–H and O–H groups in total. The molecule has 0 aliphatic heterocycles. The predicted molar refractivity (Wildman–Crippen MR) is 151 cm³/mol. The second kappa shape index (κ2) is 10.2. The van der Waals surface area contributed by atoms with E-state index in [0.29, 0.717) is 16.8 Å². The van der Waals surface area contributed by atoms with Crippen LogP contribution >= 0.6 is 0 Å². The highest BCUT2D eigenvalue weighted by Gasteiger charge is 2.69. The number of primary amides is 1. The van der Waals surface area contributed by atoms with Crippen LogP contribution in [0.25, 0.3) is 12.2 Å². The van der Waals surface area contributed by atoms with Crippen molar-refractivity contribution in [2.75, 3.05) is 33.1 Å². The van der Waals surface area contributed by atoms with Crippen molar-refractivity contribution < 1.29 is 38.6 Å². The average molecular weight is 578 g/mol. The van der Waals surface area contributed by atoms with Gasteiger partial charge in [0.1, 0.15) is 11.6 Å². The lowest BCUT2D eigenvalue weighted by atomic mass is 9.52. The van der Waals surface area contributed by atoms with E-state index in [1.165, 1.54) is 31.1 Å². The molecule has 2 fully saturated rings. The van der Waals surface area contributed by atoms with Gasteiger partial charge in [-0.25, -0.2) is 4.39 Å². The van der Waals surface area contributed by atoms with E-state index in [1.807, 2.05) is 0 Å². The summed E-state index contributed by atoms with van der Waals surface area (Å²) in [6.07, 6.45) is 3.34. The number of carbonyl (C=O) groups excluding carboxylic acids is 5. The zero-order chi connectivity index (χ0) is 30.8. The molecule has 11 heteroatoms. The molecule has 10 nitrogen and oxygen atoms in total. The van der Waals surface area contributed by atoms with E-state index in [0.717, 1.165) is 0 Å². The maximum absolute atomic E-state index is 14.1. The first kappa shape index (κ1) is 29.3. The predicted octanol–water partition coefficient (Wildman–Crippen LogP) is 1.24. The van der Waals surface area contributed by atoms with Crippen LogP contribution in [0.15, 0.2) is 30.3 Å². The molecule has 2 aromatic rings. The number of nitrogens with zero attached hydrogens (tertiary/aromatic N) is 2. The maximum atomic E-state index is 14.1. The first-order valence-electron chi connectivity index (χ1n) is 13.5. The second-order valence-electron chi connectivity index (χ2n) is 11.8. The summed E-state index contributed by atoms with van der Waals surface area (Å²) in [6.45, 7) is 0. The van der Waals surface area contributed by atoms with Crippen LogP contribution in [-0.2, 0) is 25.6 Å². The molecular weight excluding hydrogens is 545 g/mol. The van der Waals surface area contributed by atoms with Crippen molar-refractivity contribution in [1.82, 2.24) is 4.90 Å². The normalized spacial score (nSPS) is 29.0. The quantitative estimate of drug-likeness (QED) is 0.351. The largest absolute Gasteiger partial charge is 0.507 e. The van der Waals surface area contributed by atoms with Crippen LogP contribution in [0.2, 0.25) is 0 Å². The van der Waals surface area contributed by atoms with Crippen LogP contribution in [0.4, 0.5) is 10.1 Å². The van der Waals surface area contributed by atoms with Gasteiger partial charge in [0.15, 0.2) is 34.7 Å². The lowest BCUT2D eigenvalue weighted by molar-refractivity contribution is -0.181. The zero-order valence-electron chi connectivity index (χ0n) is 23.6. The van der Waals surface area contributed by atoms with E-state index in [1.54, 1.807) is 49.3 Å². The van der Waals surface area contributed by atoms with E-state index >= 15 is 0 Å². The van der Waals surface area contributed by atoms with Crippen LogP contribution < -0.4 is 10.6 Å². The molecule has 42 heavy (non-hydrogen) atoms. The highest BCUT2D eigenvalue weighted by Crippen LogP contribution is 2.52. The number of halogens is 1. The summed E-state index contributed by atoms with van der Waals surface area (Å²) in [5, 5.41) is 23.1. The Bertz CT molecular complexity index is 1570. The lowest BCUT2D eigenvalue weighted by Crippen LogP contribution is -2.74. The fraction of sp³-hybridized carbons (Fsp3) is 0.387. The fourth-order valence-corrected chi connectivity index (χ4v) is 6.96. The number of benzene rings is 2. The average Bonchev–Trinajstić information content (AvgIpc) is 2.90. The Balaban J connectivity index is 1.63. The third-order valence-corrected chi connectivity index (χ3v) is 8.87. The van der Waals surface area contributed by atoms with Gasteiger partial charge < -0.3 is 20.8 Å². The van der Waals surface area contributed by atoms with E-state index in [4.69, 9.17) is 5.73 Å². The van der Waals surface area contributed by atoms with E-state index in [9.17, 15) is 38.6 Å². The standard InChI is InChI=1S/C31H32FN3O7/c1-34(2)20-13-15(8-5-14-6-9-17(32)10-7-14)25(36)22-18(20)11-16-12-19-24(35(3)4)27(38)23(30(33)41)29(40)31(19,42)28(39)21(16)26(22)37/h5-10,13,16,19,21,23-24,36,42H,11-12H2,1-4H3,(H2,33,41)/b8-5+. The summed E-state index contributed by atoms with van der Waals surface area (Å²) in [4.78, 5) is 70.2. The van der Waals surface area contributed by atoms with Gasteiger partial charge >= 0.3 is 0 Å². The van der Waals surface area contributed by atoms with Crippen molar-refractivity contribution in [1.29, 1.82) is 0 Å². The van der Waals surface area contributed by atoms with Crippen LogP contribution in [-0.4, -0.2) is 84.0 Å². The van der Waals surface area contributed by atoms with Gasteiger partial charge in [0.05, 0.1) is 17.5 Å². The number of ketones is 4. The number of anilines is 1. The second-order valence-corrected chi connectivity index (χ2v) is 11.8. The topological polar surface area (TPSA) is 158 Å². The number of amides is 1. The third-order valence-electron chi connectivity index (χ3n) is 8.87. The molecule has 0 spiro atoms. The van der Waals surface area contributed by atoms with Gasteiger partial charge in [-0.2, -0.15) is 0 Å². The number of phenolic OH excluding ortho intramolecular Hbond substituents is 1. The van der Waals surface area contributed by atoms with Crippen molar-refractivity contribution in [2.45, 2.75) is 24.5 Å². The summed E-state index contributed by atoms with van der Waals surface area (Å²) in [6, 6.07) is 6.22. The molecule has 2 aromatic carbocycles. The number of aliphatic hydroxyl groups is 1. The minimum Gasteiger partial charge on any atom is -0.507 e. The minimum atomic E-state index is -2.78. The Labute approximate surface area is 241 Å². The number of likely N-dealkylation sites (N-methyl/N-ethyl adjacent to an activating group) is 1. The van der Waals surface area contributed by atoms with Crippen LogP contribution in [0.1, 0.15) is 33.5 Å². The molecule has 0 saturated heterocycles. The molecule has 3 aliphatic rings. The van der Waals surface area contributed by atoms with E-state index in [2.05, 4.69) is 0 Å². The summed E-state index contributed by atoms with van der Waals surface area (Å²) < 4.78 is 13.3. The number of carbonyl (C=O) groups is 5. The van der Waals surface area contributed by atoms with Gasteiger partial charge in [-0.15, -0.1) is 0 Å². The van der Waals surface area contributed by atoms with Gasteiger partial charge in [-0.1, -0.05) is 24.3 Å². The summed E-state index contributed by atoms with van der Waals surface area (Å²) in [7, 11) is 6.62. The molecule has 5 rings (SSSR count). The highest BCUT2D eigenvalue weighted by atomic mass is 19.1. The Hall–Kier alpha value is -4.22. The van der Waals surface area contributed by atoms with Crippen molar-refractivity contribution in [3.63, 3.8) is 0 Å². The van der Waals surface area contributed by atoms with Crippen molar-refractivity contribution in [3.8, 4) is 5.75 Å². The summed E-state index contributed by atoms with van der Waals surface area (Å²) in [5.41, 5.74) is 4.54. The number of nitrogens with two attached hydrogens (primary N) is 1. The fourth-order valence-electron chi connectivity index (χ4n) is 6.96. The molecule has 1 amide bonds. The first-order chi connectivity index (χ1) is 19.7. The molecule has 6 atom stereocenters. The van der Waals surface area contributed by atoms with Gasteiger partial charge in [0.25, 0.3) is 0 Å². The molecule has 0 heterocycles.